The van der Waals surface area contributed by atoms with Gasteiger partial charge in [-0.15, -0.1) is 11.3 Å². The molecule has 0 radical (unpaired) electrons. The molecule has 6 heteroatoms. The topological polar surface area (TPSA) is 50.4 Å². The fraction of sp³-hybridized carbons (Fsp3) is 0.667. The highest BCUT2D eigenvalue weighted by molar-refractivity contribution is 7.80. The van der Waals surface area contributed by atoms with Crippen molar-refractivity contribution in [3.8, 4) is 0 Å². The normalized spacial score (nSPS) is 14.4. The lowest BCUT2D eigenvalue weighted by molar-refractivity contribution is 0.0601. The highest BCUT2D eigenvalue weighted by Crippen LogP contribution is 2.39. The van der Waals surface area contributed by atoms with Gasteiger partial charge < -0.3 is 15.4 Å². The zero-order valence-electron chi connectivity index (χ0n) is 15.0. The molecule has 0 fully saturated rings. The molecule has 1 heterocycles. The van der Waals surface area contributed by atoms with Gasteiger partial charge in [-0.3, -0.25) is 0 Å². The molecule has 4 nitrogen and oxygen atoms in total. The van der Waals surface area contributed by atoms with Crippen LogP contribution in [0.1, 0.15) is 67.3 Å². The summed E-state index contributed by atoms with van der Waals surface area (Å²) in [6.45, 7) is 6.63. The SMILES string of the molecule is COC(=O)c1c(NC(=S)NC(C)CCCC(C)C)sc2c1CCC2. The quantitative estimate of drug-likeness (QED) is 0.547. The molecular formula is C18H28N2O2S2. The van der Waals surface area contributed by atoms with Gasteiger partial charge >= 0.3 is 5.97 Å². The average molecular weight is 369 g/mol. The van der Waals surface area contributed by atoms with E-state index in [4.69, 9.17) is 17.0 Å². The lowest BCUT2D eigenvalue weighted by Gasteiger charge is -2.17. The van der Waals surface area contributed by atoms with Gasteiger partial charge in [0.05, 0.1) is 12.7 Å². The summed E-state index contributed by atoms with van der Waals surface area (Å²) in [5.74, 6) is 0.461. The monoisotopic (exact) mass is 368 g/mol. The van der Waals surface area contributed by atoms with E-state index in [1.54, 1.807) is 11.3 Å². The van der Waals surface area contributed by atoms with E-state index in [1.165, 1.54) is 24.8 Å². The van der Waals surface area contributed by atoms with Crippen LogP contribution in [0.25, 0.3) is 0 Å². The number of nitrogens with one attached hydrogen (secondary N) is 2. The molecule has 0 saturated heterocycles. The summed E-state index contributed by atoms with van der Waals surface area (Å²) in [4.78, 5) is 13.4. The lowest BCUT2D eigenvalue weighted by atomic mass is 10.0. The summed E-state index contributed by atoms with van der Waals surface area (Å²) in [5.41, 5.74) is 1.81. The third-order valence-electron chi connectivity index (χ3n) is 4.33. The van der Waals surface area contributed by atoms with Crippen molar-refractivity contribution in [2.75, 3.05) is 12.4 Å². The Kier molecular flexibility index (Phi) is 7.04. The summed E-state index contributed by atoms with van der Waals surface area (Å²) in [5, 5.41) is 7.95. The first-order valence-electron chi connectivity index (χ1n) is 8.72. The second kappa shape index (κ2) is 8.81. The predicted molar refractivity (Wildman–Crippen MR) is 105 cm³/mol. The van der Waals surface area contributed by atoms with Crippen molar-refractivity contribution in [1.82, 2.24) is 5.32 Å². The largest absolute Gasteiger partial charge is 0.465 e. The van der Waals surface area contributed by atoms with Crippen molar-refractivity contribution in [2.24, 2.45) is 5.92 Å². The number of esters is 1. The molecule has 1 aliphatic carbocycles. The fourth-order valence-electron chi connectivity index (χ4n) is 3.08. The first-order valence-corrected chi connectivity index (χ1v) is 9.95. The van der Waals surface area contributed by atoms with E-state index < -0.39 is 0 Å². The molecule has 0 spiro atoms. The Morgan fingerprint density at radius 2 is 2.04 bits per heavy atom. The first-order chi connectivity index (χ1) is 11.4. The van der Waals surface area contributed by atoms with Crippen molar-refractivity contribution in [2.45, 2.75) is 65.3 Å². The molecule has 2 N–H and O–H groups in total. The molecule has 0 aliphatic heterocycles. The molecule has 1 atom stereocenters. The maximum absolute atomic E-state index is 12.1. The van der Waals surface area contributed by atoms with Gasteiger partial charge in [-0.25, -0.2) is 4.79 Å². The highest BCUT2D eigenvalue weighted by atomic mass is 32.1. The third-order valence-corrected chi connectivity index (χ3v) is 5.76. The van der Waals surface area contributed by atoms with Crippen molar-refractivity contribution in [3.05, 3.63) is 16.0 Å². The smallest absolute Gasteiger partial charge is 0.341 e. The summed E-state index contributed by atoms with van der Waals surface area (Å²) >= 11 is 7.07. The minimum absolute atomic E-state index is 0.273. The number of ether oxygens (including phenoxy) is 1. The number of aryl methyl sites for hydroxylation is 1. The van der Waals surface area contributed by atoms with Crippen LogP contribution in [0.5, 0.6) is 0 Å². The molecule has 134 valence electrons. The molecular weight excluding hydrogens is 340 g/mol. The van der Waals surface area contributed by atoms with Crippen LogP contribution in [0, 0.1) is 5.92 Å². The molecule has 2 rings (SSSR count). The molecule has 1 aromatic heterocycles. The van der Waals surface area contributed by atoms with Crippen LogP contribution in [0.4, 0.5) is 5.00 Å². The summed E-state index contributed by atoms with van der Waals surface area (Å²) < 4.78 is 4.96. The number of anilines is 1. The average Bonchev–Trinajstić information content (AvgIpc) is 3.06. The van der Waals surface area contributed by atoms with Crippen LogP contribution < -0.4 is 10.6 Å². The van der Waals surface area contributed by atoms with E-state index >= 15 is 0 Å². The van der Waals surface area contributed by atoms with Crippen LogP contribution in [0.3, 0.4) is 0 Å². The van der Waals surface area contributed by atoms with E-state index in [2.05, 4.69) is 31.4 Å². The van der Waals surface area contributed by atoms with Gasteiger partial charge in [0, 0.05) is 10.9 Å². The maximum atomic E-state index is 12.1. The van der Waals surface area contributed by atoms with Gasteiger partial charge in [0.25, 0.3) is 0 Å². The number of thiophene rings is 1. The van der Waals surface area contributed by atoms with E-state index in [0.717, 1.165) is 42.2 Å². The minimum atomic E-state index is -0.273. The van der Waals surface area contributed by atoms with Gasteiger partial charge in [-0.2, -0.15) is 0 Å². The second-order valence-corrected chi connectivity index (χ2v) is 8.39. The molecule has 1 unspecified atom stereocenters. The lowest BCUT2D eigenvalue weighted by Crippen LogP contribution is -2.36. The molecule has 0 aromatic carbocycles. The molecule has 0 amide bonds. The minimum Gasteiger partial charge on any atom is -0.465 e. The number of hydrogen-bond acceptors (Lipinski definition) is 4. The number of fused-ring (bicyclic) bond motifs is 1. The van der Waals surface area contributed by atoms with Crippen molar-refractivity contribution >= 4 is 39.6 Å². The Hall–Kier alpha value is -1.14. The van der Waals surface area contributed by atoms with Crippen LogP contribution >= 0.6 is 23.6 Å². The molecule has 24 heavy (non-hydrogen) atoms. The van der Waals surface area contributed by atoms with Crippen molar-refractivity contribution in [1.29, 1.82) is 0 Å². The van der Waals surface area contributed by atoms with Crippen LogP contribution in [-0.4, -0.2) is 24.2 Å². The van der Waals surface area contributed by atoms with Crippen molar-refractivity contribution < 1.29 is 9.53 Å². The molecule has 1 aliphatic rings. The number of thiocarbonyl (C=S) groups is 1. The Bertz CT molecular complexity index is 596. The molecule has 0 bridgehead atoms. The Morgan fingerprint density at radius 3 is 2.71 bits per heavy atom. The highest BCUT2D eigenvalue weighted by Gasteiger charge is 2.27. The first kappa shape index (κ1) is 19.2. The van der Waals surface area contributed by atoms with E-state index in [0.29, 0.717) is 16.7 Å². The maximum Gasteiger partial charge on any atom is 0.341 e. The third kappa shape index (κ3) is 4.93. The van der Waals surface area contributed by atoms with Gasteiger partial charge in [-0.05, 0) is 56.3 Å². The van der Waals surface area contributed by atoms with Gasteiger partial charge in [0.1, 0.15) is 5.00 Å². The Labute approximate surface area is 154 Å². The second-order valence-electron chi connectivity index (χ2n) is 6.88. The van der Waals surface area contributed by atoms with Crippen molar-refractivity contribution in [3.63, 3.8) is 0 Å². The summed E-state index contributed by atoms with van der Waals surface area (Å²) in [6, 6.07) is 0.317. The Balaban J connectivity index is 1.95. The number of carbonyl (C=O) groups excluding carboxylic acids is 1. The van der Waals surface area contributed by atoms with Crippen LogP contribution in [0.2, 0.25) is 0 Å². The summed E-state index contributed by atoms with van der Waals surface area (Å²) in [7, 11) is 1.43. The zero-order chi connectivity index (χ0) is 17.7. The van der Waals surface area contributed by atoms with E-state index in [9.17, 15) is 4.79 Å². The van der Waals surface area contributed by atoms with E-state index in [-0.39, 0.29) is 5.97 Å². The number of rotatable bonds is 7. The van der Waals surface area contributed by atoms with Crippen LogP contribution in [-0.2, 0) is 17.6 Å². The van der Waals surface area contributed by atoms with Gasteiger partial charge in [0.2, 0.25) is 0 Å². The number of carbonyl (C=O) groups is 1. The van der Waals surface area contributed by atoms with Gasteiger partial charge in [-0.1, -0.05) is 26.7 Å². The molecule has 0 saturated carbocycles. The fourth-order valence-corrected chi connectivity index (χ4v) is 4.73. The predicted octanol–water partition coefficient (Wildman–Crippen LogP) is 4.52. The standard InChI is InChI=1S/C18H28N2O2S2/c1-11(2)7-5-8-12(3)19-18(23)20-16-15(17(21)22-4)13-9-6-10-14(13)24-16/h11-12H,5-10H2,1-4H3,(H2,19,20,23). The van der Waals surface area contributed by atoms with E-state index in [1.807, 2.05) is 0 Å². The molecule has 1 aromatic rings. The number of methoxy groups -OCH3 is 1. The van der Waals surface area contributed by atoms with Crippen LogP contribution in [0.15, 0.2) is 0 Å². The Morgan fingerprint density at radius 1 is 1.29 bits per heavy atom. The van der Waals surface area contributed by atoms with Gasteiger partial charge in [0.15, 0.2) is 5.11 Å². The summed E-state index contributed by atoms with van der Waals surface area (Å²) in [6.07, 6.45) is 6.61. The number of hydrogen-bond donors (Lipinski definition) is 2. The zero-order valence-corrected chi connectivity index (χ0v) is 16.7.